The molecule has 0 saturated carbocycles. The van der Waals surface area contributed by atoms with E-state index in [1.54, 1.807) is 0 Å². The lowest BCUT2D eigenvalue weighted by Crippen LogP contribution is -2.38. The van der Waals surface area contributed by atoms with Gasteiger partial charge in [-0.3, -0.25) is 0 Å². The van der Waals surface area contributed by atoms with Gasteiger partial charge in [-0.05, 0) is 5.92 Å². The smallest absolute Gasteiger partial charge is 0.348 e. The Kier molecular flexibility index (Phi) is 3.57. The molecule has 1 aromatic rings. The van der Waals surface area contributed by atoms with Gasteiger partial charge in [-0.25, -0.2) is 4.79 Å². The van der Waals surface area contributed by atoms with Gasteiger partial charge in [0.2, 0.25) is 0 Å². The van der Waals surface area contributed by atoms with Gasteiger partial charge in [-0.15, -0.1) is 11.3 Å². The van der Waals surface area contributed by atoms with Gasteiger partial charge in [0.1, 0.15) is 4.88 Å². The summed E-state index contributed by atoms with van der Waals surface area (Å²) in [6.07, 6.45) is 2.28. The quantitative estimate of drug-likeness (QED) is 0.772. The SMILES string of the molecule is CCC(CC)C1CNc2c(csc2C(=O)O)N1. The van der Waals surface area contributed by atoms with Crippen LogP contribution < -0.4 is 10.6 Å². The second kappa shape index (κ2) is 4.96. The number of rotatable bonds is 4. The number of anilines is 2. The summed E-state index contributed by atoms with van der Waals surface area (Å²) in [6.45, 7) is 5.19. The minimum Gasteiger partial charge on any atom is -0.477 e. The number of nitrogens with one attached hydrogen (secondary N) is 2. The topological polar surface area (TPSA) is 61.4 Å². The normalized spacial score (nSPS) is 18.4. The third kappa shape index (κ3) is 2.24. The molecule has 3 N–H and O–H groups in total. The molecule has 17 heavy (non-hydrogen) atoms. The maximum atomic E-state index is 11.0. The first-order chi connectivity index (χ1) is 8.17. The number of thiophene rings is 1. The zero-order chi connectivity index (χ0) is 12.4. The van der Waals surface area contributed by atoms with Crippen LogP contribution in [0.3, 0.4) is 0 Å². The predicted molar refractivity (Wildman–Crippen MR) is 71.3 cm³/mol. The van der Waals surface area contributed by atoms with Crippen molar-refractivity contribution < 1.29 is 9.90 Å². The molecule has 0 amide bonds. The van der Waals surface area contributed by atoms with Gasteiger partial charge < -0.3 is 15.7 Å². The molecule has 0 bridgehead atoms. The zero-order valence-corrected chi connectivity index (χ0v) is 10.9. The fourth-order valence-electron chi connectivity index (χ4n) is 2.40. The van der Waals surface area contributed by atoms with Gasteiger partial charge in [0.25, 0.3) is 0 Å². The molecule has 0 fully saturated rings. The standard InChI is InChI=1S/C12H18N2O2S/c1-3-7(4-2)8-5-13-10-9(14-8)6-17-11(10)12(15)16/h6-8,13-14H,3-5H2,1-2H3,(H,15,16). The predicted octanol–water partition coefficient (Wildman–Crippen LogP) is 3.09. The van der Waals surface area contributed by atoms with Gasteiger partial charge in [0.15, 0.2) is 0 Å². The van der Waals surface area contributed by atoms with Crippen LogP contribution in [0.5, 0.6) is 0 Å². The second-order valence-corrected chi connectivity index (χ2v) is 5.25. The Morgan fingerprint density at radius 1 is 1.59 bits per heavy atom. The van der Waals surface area contributed by atoms with Crippen LogP contribution in [-0.4, -0.2) is 23.7 Å². The molecule has 1 aromatic heterocycles. The maximum Gasteiger partial charge on any atom is 0.348 e. The van der Waals surface area contributed by atoms with Crippen LogP contribution >= 0.6 is 11.3 Å². The first-order valence-corrected chi connectivity index (χ1v) is 6.90. The van der Waals surface area contributed by atoms with E-state index >= 15 is 0 Å². The van der Waals surface area contributed by atoms with Crippen molar-refractivity contribution >= 4 is 28.7 Å². The van der Waals surface area contributed by atoms with E-state index in [2.05, 4.69) is 24.5 Å². The Morgan fingerprint density at radius 2 is 2.29 bits per heavy atom. The Bertz CT molecular complexity index is 413. The third-order valence-corrected chi connectivity index (χ3v) is 4.41. The molecule has 0 aliphatic carbocycles. The lowest BCUT2D eigenvalue weighted by atomic mass is 9.93. The number of carboxylic acids is 1. The molecule has 4 nitrogen and oxygen atoms in total. The van der Waals surface area contributed by atoms with E-state index in [0.29, 0.717) is 16.8 Å². The van der Waals surface area contributed by atoms with Crippen molar-refractivity contribution in [2.75, 3.05) is 17.2 Å². The molecule has 1 aliphatic rings. The highest BCUT2D eigenvalue weighted by molar-refractivity contribution is 7.13. The molecule has 0 saturated heterocycles. The molecule has 1 atom stereocenters. The van der Waals surface area contributed by atoms with Crippen molar-refractivity contribution in [1.82, 2.24) is 0 Å². The number of hydrogen-bond donors (Lipinski definition) is 3. The molecule has 5 heteroatoms. The monoisotopic (exact) mass is 254 g/mol. The average Bonchev–Trinajstić information content (AvgIpc) is 2.73. The summed E-state index contributed by atoms with van der Waals surface area (Å²) in [4.78, 5) is 11.4. The number of carboxylic acid groups (broad SMARTS) is 1. The molecular formula is C12H18N2O2S. The molecule has 2 rings (SSSR count). The molecular weight excluding hydrogens is 236 g/mol. The van der Waals surface area contributed by atoms with Gasteiger partial charge in [0.05, 0.1) is 11.4 Å². The van der Waals surface area contributed by atoms with Crippen LogP contribution in [0.25, 0.3) is 0 Å². The summed E-state index contributed by atoms with van der Waals surface area (Å²) in [5, 5.41) is 17.6. The molecule has 1 unspecified atom stereocenters. The van der Waals surface area contributed by atoms with Crippen molar-refractivity contribution in [3.63, 3.8) is 0 Å². The van der Waals surface area contributed by atoms with E-state index in [1.165, 1.54) is 11.3 Å². The van der Waals surface area contributed by atoms with Crippen LogP contribution in [0.15, 0.2) is 5.38 Å². The van der Waals surface area contributed by atoms with Gasteiger partial charge in [-0.1, -0.05) is 26.7 Å². The van der Waals surface area contributed by atoms with Gasteiger partial charge in [-0.2, -0.15) is 0 Å². The van der Waals surface area contributed by atoms with Crippen molar-refractivity contribution in [1.29, 1.82) is 0 Å². The maximum absolute atomic E-state index is 11.0. The average molecular weight is 254 g/mol. The van der Waals surface area contributed by atoms with E-state index in [9.17, 15) is 4.79 Å². The molecule has 0 spiro atoms. The molecule has 0 aromatic carbocycles. The Hall–Kier alpha value is -1.23. The van der Waals surface area contributed by atoms with Crippen molar-refractivity contribution in [3.8, 4) is 0 Å². The van der Waals surface area contributed by atoms with Crippen molar-refractivity contribution in [2.45, 2.75) is 32.7 Å². The minimum absolute atomic E-state index is 0.397. The van der Waals surface area contributed by atoms with E-state index in [1.807, 2.05) is 5.38 Å². The Balaban J connectivity index is 2.17. The third-order valence-electron chi connectivity index (χ3n) is 3.44. The zero-order valence-electron chi connectivity index (χ0n) is 10.1. The van der Waals surface area contributed by atoms with Crippen molar-refractivity contribution in [2.24, 2.45) is 5.92 Å². The highest BCUT2D eigenvalue weighted by Crippen LogP contribution is 2.37. The summed E-state index contributed by atoms with van der Waals surface area (Å²) in [5.41, 5.74) is 1.69. The van der Waals surface area contributed by atoms with Gasteiger partial charge in [0, 0.05) is 18.0 Å². The minimum atomic E-state index is -0.855. The Labute approximate surface area is 105 Å². The highest BCUT2D eigenvalue weighted by atomic mass is 32.1. The summed E-state index contributed by atoms with van der Waals surface area (Å²) in [5.74, 6) is -0.227. The molecule has 2 heterocycles. The first kappa shape index (κ1) is 12.2. The van der Waals surface area contributed by atoms with Crippen LogP contribution in [0.1, 0.15) is 36.4 Å². The summed E-state index contributed by atoms with van der Waals surface area (Å²) < 4.78 is 0. The van der Waals surface area contributed by atoms with Crippen molar-refractivity contribution in [3.05, 3.63) is 10.3 Å². The lowest BCUT2D eigenvalue weighted by molar-refractivity contribution is 0.0703. The highest BCUT2D eigenvalue weighted by Gasteiger charge is 2.27. The largest absolute Gasteiger partial charge is 0.477 e. The summed E-state index contributed by atoms with van der Waals surface area (Å²) >= 11 is 1.28. The summed E-state index contributed by atoms with van der Waals surface area (Å²) in [7, 11) is 0. The first-order valence-electron chi connectivity index (χ1n) is 6.02. The van der Waals surface area contributed by atoms with Crippen LogP contribution in [0, 0.1) is 5.92 Å². The molecule has 1 aliphatic heterocycles. The van der Waals surface area contributed by atoms with E-state index in [-0.39, 0.29) is 0 Å². The fraction of sp³-hybridized carbons (Fsp3) is 0.583. The number of aromatic carboxylic acids is 1. The van der Waals surface area contributed by atoms with Crippen LogP contribution in [-0.2, 0) is 0 Å². The Morgan fingerprint density at radius 3 is 2.88 bits per heavy atom. The van der Waals surface area contributed by atoms with Crippen LogP contribution in [0.4, 0.5) is 11.4 Å². The van der Waals surface area contributed by atoms with Crippen LogP contribution in [0.2, 0.25) is 0 Å². The van der Waals surface area contributed by atoms with E-state index < -0.39 is 5.97 Å². The number of fused-ring (bicyclic) bond motifs is 1. The second-order valence-electron chi connectivity index (χ2n) is 4.37. The van der Waals surface area contributed by atoms with E-state index in [0.717, 1.165) is 30.8 Å². The molecule has 0 radical (unpaired) electrons. The lowest BCUT2D eigenvalue weighted by Gasteiger charge is -2.32. The number of carbonyl (C=O) groups is 1. The fourth-order valence-corrected chi connectivity index (χ4v) is 3.22. The van der Waals surface area contributed by atoms with Gasteiger partial charge >= 0.3 is 5.97 Å². The number of hydrogen-bond acceptors (Lipinski definition) is 4. The molecule has 94 valence electrons. The summed E-state index contributed by atoms with van der Waals surface area (Å²) in [6, 6.07) is 0.397. The van der Waals surface area contributed by atoms with E-state index in [4.69, 9.17) is 5.11 Å².